The molecule has 2 N–H and O–H groups in total. The standard InChI is InChI=1S/C14H22ClN5O/c1-4-12(21)10(3)20-6-5-19(8-9(20)2)11-7-13(15)17-18-14(11)16/h7,9-10H,4-6,8H2,1-3H3,(H2,16,18)/t9-,10?/m1/s1. The topological polar surface area (TPSA) is 75.4 Å². The molecule has 0 radical (unpaired) electrons. The fraction of sp³-hybridized carbons (Fsp3) is 0.643. The quantitative estimate of drug-likeness (QED) is 0.910. The lowest BCUT2D eigenvalue weighted by molar-refractivity contribution is -0.124. The monoisotopic (exact) mass is 311 g/mol. The molecule has 1 fully saturated rings. The third-order valence-electron chi connectivity index (χ3n) is 4.10. The summed E-state index contributed by atoms with van der Waals surface area (Å²) in [5, 5.41) is 7.94. The van der Waals surface area contributed by atoms with E-state index in [9.17, 15) is 4.79 Å². The maximum atomic E-state index is 11.9. The first-order valence-electron chi connectivity index (χ1n) is 7.26. The minimum absolute atomic E-state index is 0.0383. The first kappa shape index (κ1) is 16.0. The largest absolute Gasteiger partial charge is 0.380 e. The van der Waals surface area contributed by atoms with Crippen molar-refractivity contribution in [2.24, 2.45) is 0 Å². The van der Waals surface area contributed by atoms with E-state index in [1.54, 1.807) is 6.07 Å². The van der Waals surface area contributed by atoms with Crippen LogP contribution in [-0.2, 0) is 4.79 Å². The summed E-state index contributed by atoms with van der Waals surface area (Å²) in [5.74, 6) is 0.668. The van der Waals surface area contributed by atoms with Gasteiger partial charge in [-0.2, -0.15) is 0 Å². The third kappa shape index (κ3) is 3.44. The Morgan fingerprint density at radius 3 is 2.86 bits per heavy atom. The second-order valence-electron chi connectivity index (χ2n) is 5.47. The van der Waals surface area contributed by atoms with Gasteiger partial charge in [0.05, 0.1) is 11.7 Å². The van der Waals surface area contributed by atoms with E-state index in [0.717, 1.165) is 25.3 Å². The smallest absolute Gasteiger partial charge is 0.169 e. The van der Waals surface area contributed by atoms with Crippen LogP contribution in [0, 0.1) is 0 Å². The molecule has 0 bridgehead atoms. The average Bonchev–Trinajstić information content (AvgIpc) is 2.48. The normalized spacial score (nSPS) is 21.3. The molecule has 1 aliphatic heterocycles. The van der Waals surface area contributed by atoms with Gasteiger partial charge in [0.2, 0.25) is 0 Å². The van der Waals surface area contributed by atoms with Crippen LogP contribution in [0.25, 0.3) is 0 Å². The Hall–Kier alpha value is -1.40. The number of halogens is 1. The van der Waals surface area contributed by atoms with Crippen LogP contribution >= 0.6 is 11.6 Å². The van der Waals surface area contributed by atoms with Crippen molar-refractivity contribution in [1.29, 1.82) is 0 Å². The molecule has 0 saturated carbocycles. The maximum Gasteiger partial charge on any atom is 0.169 e. The lowest BCUT2D eigenvalue weighted by Gasteiger charge is -2.43. The van der Waals surface area contributed by atoms with Crippen molar-refractivity contribution in [2.75, 3.05) is 30.3 Å². The summed E-state index contributed by atoms with van der Waals surface area (Å²) in [6, 6.07) is 1.96. The zero-order valence-electron chi connectivity index (χ0n) is 12.7. The number of aromatic nitrogens is 2. The van der Waals surface area contributed by atoms with E-state index < -0.39 is 0 Å². The molecule has 2 rings (SSSR count). The van der Waals surface area contributed by atoms with E-state index in [1.165, 1.54) is 0 Å². The third-order valence-corrected chi connectivity index (χ3v) is 4.29. The highest BCUT2D eigenvalue weighted by Crippen LogP contribution is 2.26. The Morgan fingerprint density at radius 1 is 1.52 bits per heavy atom. The molecule has 116 valence electrons. The van der Waals surface area contributed by atoms with Crippen LogP contribution in [-0.4, -0.2) is 52.6 Å². The number of carbonyl (C=O) groups is 1. The van der Waals surface area contributed by atoms with Gasteiger partial charge >= 0.3 is 0 Å². The van der Waals surface area contributed by atoms with Crippen LogP contribution in [0.4, 0.5) is 11.5 Å². The molecule has 6 nitrogen and oxygen atoms in total. The van der Waals surface area contributed by atoms with Crippen molar-refractivity contribution in [3.8, 4) is 0 Å². The number of anilines is 2. The Morgan fingerprint density at radius 2 is 2.24 bits per heavy atom. The molecule has 0 spiro atoms. The Balaban J connectivity index is 2.10. The van der Waals surface area contributed by atoms with Gasteiger partial charge in [0.1, 0.15) is 5.78 Å². The summed E-state index contributed by atoms with van der Waals surface area (Å²) in [5.41, 5.74) is 6.70. The van der Waals surface area contributed by atoms with Gasteiger partial charge in [-0.15, -0.1) is 10.2 Å². The summed E-state index contributed by atoms with van der Waals surface area (Å²) >= 11 is 5.90. The molecule has 21 heavy (non-hydrogen) atoms. The van der Waals surface area contributed by atoms with E-state index in [0.29, 0.717) is 17.4 Å². The lowest BCUT2D eigenvalue weighted by Crippen LogP contribution is -2.56. The summed E-state index contributed by atoms with van der Waals surface area (Å²) in [4.78, 5) is 16.3. The van der Waals surface area contributed by atoms with Gasteiger partial charge in [0.15, 0.2) is 11.0 Å². The van der Waals surface area contributed by atoms with E-state index in [-0.39, 0.29) is 17.9 Å². The summed E-state index contributed by atoms with van der Waals surface area (Å²) in [7, 11) is 0. The molecule has 2 atom stereocenters. The molecular weight excluding hydrogens is 290 g/mol. The zero-order valence-corrected chi connectivity index (χ0v) is 13.5. The number of nitrogen functional groups attached to an aromatic ring is 1. The van der Waals surface area contributed by atoms with Crippen LogP contribution in [0.1, 0.15) is 27.2 Å². The van der Waals surface area contributed by atoms with E-state index >= 15 is 0 Å². The second kappa shape index (κ2) is 6.58. The van der Waals surface area contributed by atoms with Gasteiger partial charge in [-0.1, -0.05) is 18.5 Å². The van der Waals surface area contributed by atoms with Crippen LogP contribution in [0.5, 0.6) is 0 Å². The molecule has 1 aromatic rings. The minimum Gasteiger partial charge on any atom is -0.380 e. The van der Waals surface area contributed by atoms with Crippen LogP contribution in [0.2, 0.25) is 5.15 Å². The zero-order chi connectivity index (χ0) is 15.6. The molecule has 1 aliphatic rings. The number of carbonyl (C=O) groups excluding carboxylic acids is 1. The molecule has 0 amide bonds. The number of nitrogens with zero attached hydrogens (tertiary/aromatic N) is 4. The molecule has 2 heterocycles. The Kier molecular flexibility index (Phi) is 5.00. The summed E-state index contributed by atoms with van der Waals surface area (Å²) < 4.78 is 0. The molecule has 1 saturated heterocycles. The number of piperazine rings is 1. The number of ketones is 1. The number of hydrogen-bond acceptors (Lipinski definition) is 6. The van der Waals surface area contributed by atoms with Crippen molar-refractivity contribution in [1.82, 2.24) is 15.1 Å². The Labute approximate surface area is 130 Å². The average molecular weight is 312 g/mol. The van der Waals surface area contributed by atoms with E-state index in [2.05, 4.69) is 26.9 Å². The van der Waals surface area contributed by atoms with Crippen molar-refractivity contribution >= 4 is 28.9 Å². The van der Waals surface area contributed by atoms with Crippen LogP contribution in [0.15, 0.2) is 6.07 Å². The molecule has 1 unspecified atom stereocenters. The molecule has 0 aromatic carbocycles. The number of Topliss-reactive ketones (excluding diaryl/α,β-unsaturated/α-hetero) is 1. The van der Waals surface area contributed by atoms with E-state index in [1.807, 2.05) is 13.8 Å². The highest BCUT2D eigenvalue weighted by atomic mass is 35.5. The maximum absolute atomic E-state index is 11.9. The van der Waals surface area contributed by atoms with E-state index in [4.69, 9.17) is 17.3 Å². The number of rotatable bonds is 4. The lowest BCUT2D eigenvalue weighted by atomic mass is 10.1. The van der Waals surface area contributed by atoms with Gasteiger partial charge in [0.25, 0.3) is 0 Å². The summed E-state index contributed by atoms with van der Waals surface area (Å²) in [6.45, 7) is 8.40. The highest BCUT2D eigenvalue weighted by Gasteiger charge is 2.30. The van der Waals surface area contributed by atoms with Crippen LogP contribution < -0.4 is 10.6 Å². The van der Waals surface area contributed by atoms with Crippen molar-refractivity contribution < 1.29 is 4.79 Å². The fourth-order valence-electron chi connectivity index (χ4n) is 2.87. The van der Waals surface area contributed by atoms with Gasteiger partial charge in [0, 0.05) is 38.2 Å². The number of nitrogens with two attached hydrogens (primary N) is 1. The van der Waals surface area contributed by atoms with Gasteiger partial charge in [-0.25, -0.2) is 0 Å². The second-order valence-corrected chi connectivity index (χ2v) is 5.85. The fourth-order valence-corrected chi connectivity index (χ4v) is 3.01. The highest BCUT2D eigenvalue weighted by molar-refractivity contribution is 6.29. The molecule has 1 aromatic heterocycles. The predicted octanol–water partition coefficient (Wildman–Crippen LogP) is 1.59. The van der Waals surface area contributed by atoms with Crippen molar-refractivity contribution in [3.63, 3.8) is 0 Å². The van der Waals surface area contributed by atoms with Gasteiger partial charge in [-0.05, 0) is 13.8 Å². The first-order valence-corrected chi connectivity index (χ1v) is 7.64. The van der Waals surface area contributed by atoms with Crippen molar-refractivity contribution in [3.05, 3.63) is 11.2 Å². The number of hydrogen-bond donors (Lipinski definition) is 1. The van der Waals surface area contributed by atoms with Crippen LogP contribution in [0.3, 0.4) is 0 Å². The molecular formula is C14H22ClN5O. The Bertz CT molecular complexity index is 524. The molecule has 7 heteroatoms. The SMILES string of the molecule is CCC(=O)C(C)N1CCN(c2cc(Cl)nnc2N)C[C@H]1C. The predicted molar refractivity (Wildman–Crippen MR) is 84.6 cm³/mol. The summed E-state index contributed by atoms with van der Waals surface area (Å²) in [6.07, 6.45) is 0.574. The van der Waals surface area contributed by atoms with Crippen molar-refractivity contribution in [2.45, 2.75) is 39.3 Å². The van der Waals surface area contributed by atoms with Gasteiger partial charge < -0.3 is 10.6 Å². The minimum atomic E-state index is -0.0383. The van der Waals surface area contributed by atoms with Gasteiger partial charge in [-0.3, -0.25) is 9.69 Å². The molecule has 0 aliphatic carbocycles. The first-order chi connectivity index (χ1) is 9.93.